The molecule has 0 radical (unpaired) electrons. The van der Waals surface area contributed by atoms with Crippen LogP contribution in [0.25, 0.3) is 11.3 Å². The number of primary amides is 1. The van der Waals surface area contributed by atoms with Gasteiger partial charge in [-0.3, -0.25) is 4.79 Å². The van der Waals surface area contributed by atoms with Crippen molar-refractivity contribution >= 4 is 64.0 Å². The molecule has 1 aromatic carbocycles. The van der Waals surface area contributed by atoms with Crippen LogP contribution in [0.15, 0.2) is 29.6 Å². The molecular weight excluding hydrogens is 483 g/mol. The van der Waals surface area contributed by atoms with E-state index in [4.69, 9.17) is 26.8 Å². The summed E-state index contributed by atoms with van der Waals surface area (Å²) < 4.78 is 33.8. The van der Waals surface area contributed by atoms with Gasteiger partial charge >= 0.3 is 18.2 Å². The van der Waals surface area contributed by atoms with Crippen molar-refractivity contribution in [3.05, 3.63) is 50.9 Å². The van der Waals surface area contributed by atoms with Gasteiger partial charge in [0.15, 0.2) is 12.4 Å². The summed E-state index contributed by atoms with van der Waals surface area (Å²) in [6, 6.07) is 4.22. The van der Waals surface area contributed by atoms with E-state index in [2.05, 4.69) is 9.47 Å². The van der Waals surface area contributed by atoms with Crippen LogP contribution < -0.4 is 10.6 Å². The molecule has 13 heteroatoms. The molecule has 1 atom stereocenters. The molecule has 3 amide bonds. The smallest absolute Gasteiger partial charge is 0.466 e. The van der Waals surface area contributed by atoms with Crippen LogP contribution in [0.2, 0.25) is 5.02 Å². The molecule has 3 rings (SSSR count). The van der Waals surface area contributed by atoms with E-state index in [1.807, 2.05) is 0 Å². The minimum absolute atomic E-state index is 0.00423. The Morgan fingerprint density at radius 1 is 1.27 bits per heavy atom. The van der Waals surface area contributed by atoms with Crippen molar-refractivity contribution in [1.82, 2.24) is 0 Å². The van der Waals surface area contributed by atoms with E-state index in [1.54, 1.807) is 17.5 Å². The third kappa shape index (κ3) is 5.07. The van der Waals surface area contributed by atoms with Gasteiger partial charge in [0.2, 0.25) is 6.29 Å². The van der Waals surface area contributed by atoms with Gasteiger partial charge in [-0.15, -0.1) is 11.3 Å². The van der Waals surface area contributed by atoms with Gasteiger partial charge in [-0.1, -0.05) is 17.7 Å². The molecule has 1 aliphatic rings. The number of benzene rings is 1. The Bertz CT molecular complexity index is 1150. The third-order valence-electron chi connectivity index (χ3n) is 4.24. The molecule has 2 N–H and O–H groups in total. The molecule has 174 valence electrons. The van der Waals surface area contributed by atoms with Crippen LogP contribution in [0.3, 0.4) is 0 Å². The summed E-state index contributed by atoms with van der Waals surface area (Å²) in [6.07, 6.45) is -2.56. The van der Waals surface area contributed by atoms with Crippen molar-refractivity contribution in [2.45, 2.75) is 13.2 Å². The maximum absolute atomic E-state index is 14.3. The normalized spacial score (nSPS) is 14.9. The number of nitrogens with two attached hydrogens (primary N) is 1. The van der Waals surface area contributed by atoms with E-state index in [1.165, 1.54) is 18.3 Å². The SMILES string of the molecule is COC(=O)COC(=O)OC(C)O/C(=C1\C(=O)N(C(N)=O)c2cc(Cl)c(F)cc21)c1cccs1. The number of nitrogens with zero attached hydrogens (tertiary/aromatic N) is 1. The fourth-order valence-electron chi connectivity index (χ4n) is 2.88. The molecule has 1 aromatic heterocycles. The largest absolute Gasteiger partial charge is 0.511 e. The Morgan fingerprint density at radius 3 is 2.61 bits per heavy atom. The van der Waals surface area contributed by atoms with Crippen molar-refractivity contribution < 1.29 is 42.5 Å². The molecule has 0 aliphatic carbocycles. The number of imide groups is 1. The lowest BCUT2D eigenvalue weighted by Crippen LogP contribution is -2.38. The number of carbonyl (C=O) groups excluding carboxylic acids is 4. The van der Waals surface area contributed by atoms with E-state index in [0.29, 0.717) is 9.78 Å². The van der Waals surface area contributed by atoms with Crippen molar-refractivity contribution in [2.24, 2.45) is 5.73 Å². The highest BCUT2D eigenvalue weighted by Gasteiger charge is 2.40. The summed E-state index contributed by atoms with van der Waals surface area (Å²) in [5.41, 5.74) is 5.13. The van der Waals surface area contributed by atoms with Gasteiger partial charge in [0.25, 0.3) is 5.91 Å². The van der Waals surface area contributed by atoms with Crippen LogP contribution in [-0.4, -0.2) is 44.1 Å². The molecule has 0 spiro atoms. The van der Waals surface area contributed by atoms with Crippen molar-refractivity contribution in [2.75, 3.05) is 18.6 Å². The summed E-state index contributed by atoms with van der Waals surface area (Å²) in [6.45, 7) is 0.641. The highest BCUT2D eigenvalue weighted by molar-refractivity contribution is 7.11. The number of amides is 3. The van der Waals surface area contributed by atoms with Gasteiger partial charge in [-0.25, -0.2) is 23.7 Å². The number of urea groups is 1. The van der Waals surface area contributed by atoms with Crippen LogP contribution in [-0.2, 0) is 28.5 Å². The van der Waals surface area contributed by atoms with Crippen LogP contribution >= 0.6 is 22.9 Å². The molecule has 2 heterocycles. The van der Waals surface area contributed by atoms with E-state index < -0.39 is 42.8 Å². The first-order valence-electron chi connectivity index (χ1n) is 9.12. The number of thiophene rings is 1. The van der Waals surface area contributed by atoms with E-state index in [-0.39, 0.29) is 27.6 Å². The number of rotatable bonds is 6. The fraction of sp³-hybridized carbons (Fsp3) is 0.200. The standard InChI is InChI=1S/C20H16ClFN2O8S/c1-9(32-20(28)30-8-15(25)29-2)31-17(14-4-3-5-33-14)16-10-6-12(22)11(21)7-13(10)24(18(16)26)19(23)27/h3-7,9H,8H2,1-2H3,(H2,23,27)/b17-16-. The first kappa shape index (κ1) is 24.0. The zero-order valence-electron chi connectivity index (χ0n) is 17.1. The lowest BCUT2D eigenvalue weighted by Gasteiger charge is -2.18. The Hall–Kier alpha value is -3.64. The van der Waals surface area contributed by atoms with Crippen LogP contribution in [0.4, 0.5) is 19.7 Å². The second-order valence-corrected chi connectivity index (χ2v) is 7.72. The van der Waals surface area contributed by atoms with Crippen molar-refractivity contribution in [3.63, 3.8) is 0 Å². The highest BCUT2D eigenvalue weighted by atomic mass is 35.5. The van der Waals surface area contributed by atoms with E-state index in [0.717, 1.165) is 19.2 Å². The number of carbonyl (C=O) groups is 4. The van der Waals surface area contributed by atoms with E-state index >= 15 is 0 Å². The van der Waals surface area contributed by atoms with Gasteiger partial charge in [0.05, 0.1) is 28.3 Å². The average molecular weight is 499 g/mol. The van der Waals surface area contributed by atoms with Crippen molar-refractivity contribution in [3.8, 4) is 0 Å². The zero-order chi connectivity index (χ0) is 24.3. The zero-order valence-corrected chi connectivity index (χ0v) is 18.7. The van der Waals surface area contributed by atoms with Gasteiger partial charge in [0, 0.05) is 12.5 Å². The maximum atomic E-state index is 14.3. The number of methoxy groups -OCH3 is 1. The predicted molar refractivity (Wildman–Crippen MR) is 115 cm³/mol. The quantitative estimate of drug-likeness (QED) is 0.276. The maximum Gasteiger partial charge on any atom is 0.511 e. The van der Waals surface area contributed by atoms with Gasteiger partial charge < -0.3 is 24.7 Å². The third-order valence-corrected chi connectivity index (χ3v) is 5.40. The number of ether oxygens (including phenoxy) is 4. The summed E-state index contributed by atoms with van der Waals surface area (Å²) in [5.74, 6) is -2.63. The van der Waals surface area contributed by atoms with Gasteiger partial charge in [-0.2, -0.15) is 0 Å². The lowest BCUT2D eigenvalue weighted by molar-refractivity contribution is -0.146. The first-order valence-corrected chi connectivity index (χ1v) is 10.4. The second kappa shape index (κ2) is 9.88. The minimum Gasteiger partial charge on any atom is -0.466 e. The Morgan fingerprint density at radius 2 is 2.00 bits per heavy atom. The molecule has 1 aliphatic heterocycles. The molecule has 0 saturated heterocycles. The average Bonchev–Trinajstić information content (AvgIpc) is 3.37. The summed E-state index contributed by atoms with van der Waals surface area (Å²) in [5, 5.41) is 1.36. The molecule has 33 heavy (non-hydrogen) atoms. The van der Waals surface area contributed by atoms with Crippen molar-refractivity contribution in [1.29, 1.82) is 0 Å². The van der Waals surface area contributed by atoms with Crippen LogP contribution in [0.5, 0.6) is 0 Å². The number of esters is 1. The molecule has 0 bridgehead atoms. The molecule has 1 unspecified atom stereocenters. The monoisotopic (exact) mass is 498 g/mol. The van der Waals surface area contributed by atoms with Crippen LogP contribution in [0.1, 0.15) is 17.4 Å². The Kier molecular flexibility index (Phi) is 7.19. The summed E-state index contributed by atoms with van der Waals surface area (Å²) in [7, 11) is 1.12. The molecule has 0 saturated carbocycles. The Labute approximate surface area is 195 Å². The molecule has 10 nitrogen and oxygen atoms in total. The first-order chi connectivity index (χ1) is 15.6. The summed E-state index contributed by atoms with van der Waals surface area (Å²) in [4.78, 5) is 49.0. The molecular formula is C20H16ClFN2O8S. The second-order valence-electron chi connectivity index (χ2n) is 6.36. The summed E-state index contributed by atoms with van der Waals surface area (Å²) >= 11 is 6.99. The van der Waals surface area contributed by atoms with Gasteiger partial charge in [-0.05, 0) is 23.6 Å². The fourth-order valence-corrected chi connectivity index (χ4v) is 3.76. The highest BCUT2D eigenvalue weighted by Crippen LogP contribution is 2.44. The van der Waals surface area contributed by atoms with Crippen LogP contribution in [0, 0.1) is 5.82 Å². The predicted octanol–water partition coefficient (Wildman–Crippen LogP) is 3.52. The van der Waals surface area contributed by atoms with Gasteiger partial charge in [0.1, 0.15) is 5.82 Å². The number of hydrogen-bond donors (Lipinski definition) is 1. The lowest BCUT2D eigenvalue weighted by atomic mass is 10.0. The number of hydrogen-bond acceptors (Lipinski definition) is 9. The minimum atomic E-state index is -1.32. The molecule has 0 fully saturated rings. The number of halogens is 2. The number of anilines is 1. The topological polar surface area (TPSA) is 134 Å². The van der Waals surface area contributed by atoms with E-state index in [9.17, 15) is 23.6 Å². The molecule has 2 aromatic rings. The number of fused-ring (bicyclic) bond motifs is 1. The Balaban J connectivity index is 2.01.